The molecule has 3 nitrogen and oxygen atoms in total. The Labute approximate surface area is 290 Å². The molecule has 262 valence electrons. The van der Waals surface area contributed by atoms with Gasteiger partial charge in [0.25, 0.3) is 0 Å². The van der Waals surface area contributed by atoms with Crippen molar-refractivity contribution in [1.82, 2.24) is 0 Å². The van der Waals surface area contributed by atoms with Crippen LogP contribution in [0.4, 0.5) is 4.39 Å². The molecule has 4 heteroatoms. The number of carbonyl (C=O) groups excluding carboxylic acids is 1. The van der Waals surface area contributed by atoms with Crippen LogP contribution in [-0.4, -0.2) is 18.2 Å². The van der Waals surface area contributed by atoms with E-state index in [0.29, 0.717) is 53.3 Å². The van der Waals surface area contributed by atoms with Crippen molar-refractivity contribution in [3.8, 4) is 0 Å². The number of rotatable bonds is 6. The lowest BCUT2D eigenvalue weighted by Gasteiger charge is -2.72. The fourth-order valence-corrected chi connectivity index (χ4v) is 13.7. The highest BCUT2D eigenvalue weighted by Crippen LogP contribution is 2.76. The summed E-state index contributed by atoms with van der Waals surface area (Å²) >= 11 is 0. The van der Waals surface area contributed by atoms with Gasteiger partial charge in [0.2, 0.25) is 0 Å². The van der Waals surface area contributed by atoms with Gasteiger partial charge in [-0.15, -0.1) is 0 Å². The van der Waals surface area contributed by atoms with E-state index in [4.69, 9.17) is 10.5 Å². The zero-order chi connectivity index (χ0) is 34.3. The summed E-state index contributed by atoms with van der Waals surface area (Å²) in [6.07, 6.45) is 17.5. The maximum atomic E-state index is 14.6. The Morgan fingerprint density at radius 1 is 0.896 bits per heavy atom. The molecule has 0 radical (unpaired) electrons. The maximum Gasteiger partial charge on any atom is 0.315 e. The zero-order valence-electron chi connectivity index (χ0n) is 30.8. The first-order valence-corrected chi connectivity index (χ1v) is 19.3. The van der Waals surface area contributed by atoms with Crippen molar-refractivity contribution in [2.75, 3.05) is 6.67 Å². The standard InChI is InChI=1S/C44H62FNO2/c1-29(2)32-17-24-44(46)26-25-41(6)34(37(32)44)13-14-36-40(5)20-18-33(39(3,4)35(40)19-21-42(36,41)7)31-15-22-43(28-45,23-16-31)38(47)48-27-30-11-9-8-10-12-30/h8-12,15,18,32,34-37H,1,13-14,16-17,19-28,46H2,2-7H3/t32-,34+,35-,36+,37+,40-,41+,42+,43?,44-/m0/s1. The second kappa shape index (κ2) is 11.7. The molecule has 1 aromatic rings. The van der Waals surface area contributed by atoms with Gasteiger partial charge in [-0.3, -0.25) is 4.79 Å². The third kappa shape index (κ3) is 4.84. The number of halogens is 1. The Balaban J connectivity index is 1.12. The van der Waals surface area contributed by atoms with Crippen LogP contribution >= 0.6 is 0 Å². The quantitative estimate of drug-likeness (QED) is 0.245. The molecule has 1 unspecified atom stereocenters. The van der Waals surface area contributed by atoms with Crippen LogP contribution in [0.2, 0.25) is 0 Å². The predicted molar refractivity (Wildman–Crippen MR) is 194 cm³/mol. The average Bonchev–Trinajstić information content (AvgIpc) is 3.42. The molecule has 10 atom stereocenters. The number of esters is 1. The van der Waals surface area contributed by atoms with E-state index in [0.717, 1.165) is 18.4 Å². The molecule has 0 spiro atoms. The second-order valence-corrected chi connectivity index (χ2v) is 18.9. The highest BCUT2D eigenvalue weighted by molar-refractivity contribution is 5.78. The van der Waals surface area contributed by atoms with Crippen molar-refractivity contribution in [3.63, 3.8) is 0 Å². The number of benzene rings is 1. The molecule has 0 heterocycles. The van der Waals surface area contributed by atoms with Crippen LogP contribution in [0.1, 0.15) is 124 Å². The van der Waals surface area contributed by atoms with Gasteiger partial charge in [-0.1, -0.05) is 89.3 Å². The number of alkyl halides is 1. The van der Waals surface area contributed by atoms with E-state index >= 15 is 0 Å². The van der Waals surface area contributed by atoms with Crippen LogP contribution in [0.15, 0.2) is 65.8 Å². The molecule has 4 saturated carbocycles. The second-order valence-electron chi connectivity index (χ2n) is 18.9. The third-order valence-electron chi connectivity index (χ3n) is 16.6. The maximum absolute atomic E-state index is 14.6. The predicted octanol–water partition coefficient (Wildman–Crippen LogP) is 10.7. The number of hydrogen-bond donors (Lipinski definition) is 1. The number of carbonyl (C=O) groups is 1. The van der Waals surface area contributed by atoms with Crippen LogP contribution in [0.5, 0.6) is 0 Å². The molecule has 0 aliphatic heterocycles. The average molecular weight is 656 g/mol. The largest absolute Gasteiger partial charge is 0.460 e. The van der Waals surface area contributed by atoms with Crippen molar-refractivity contribution >= 4 is 5.97 Å². The highest BCUT2D eigenvalue weighted by atomic mass is 19.1. The van der Waals surface area contributed by atoms with Crippen molar-refractivity contribution in [2.24, 2.45) is 62.4 Å². The molecule has 0 aromatic heterocycles. The summed E-state index contributed by atoms with van der Waals surface area (Å²) in [6, 6.07) is 9.68. The van der Waals surface area contributed by atoms with Gasteiger partial charge in [0.15, 0.2) is 0 Å². The van der Waals surface area contributed by atoms with E-state index in [-0.39, 0.29) is 23.0 Å². The molecule has 48 heavy (non-hydrogen) atoms. The van der Waals surface area contributed by atoms with E-state index < -0.39 is 18.1 Å². The number of ether oxygens (including phenoxy) is 1. The molecule has 1 aromatic carbocycles. The first kappa shape index (κ1) is 34.3. The van der Waals surface area contributed by atoms with Crippen LogP contribution in [0, 0.1) is 56.7 Å². The van der Waals surface area contributed by atoms with Gasteiger partial charge in [0, 0.05) is 5.54 Å². The Bertz CT molecular complexity index is 1510. The lowest BCUT2D eigenvalue weighted by molar-refractivity contribution is -0.219. The number of hydrogen-bond acceptors (Lipinski definition) is 3. The lowest BCUT2D eigenvalue weighted by atomic mass is 9.33. The first-order chi connectivity index (χ1) is 22.7. The summed E-state index contributed by atoms with van der Waals surface area (Å²) in [6.45, 7) is 19.3. The van der Waals surface area contributed by atoms with Gasteiger partial charge in [0.05, 0.1) is 5.41 Å². The molecular formula is C44H62FNO2. The van der Waals surface area contributed by atoms with E-state index in [2.05, 4.69) is 60.3 Å². The van der Waals surface area contributed by atoms with Gasteiger partial charge in [-0.05, 0) is 152 Å². The molecule has 0 saturated heterocycles. The van der Waals surface area contributed by atoms with Gasteiger partial charge in [-0.2, -0.15) is 0 Å². The fraction of sp³-hybridized carbons (Fsp3) is 0.705. The molecule has 6 aliphatic rings. The van der Waals surface area contributed by atoms with E-state index in [1.807, 2.05) is 30.3 Å². The minimum atomic E-state index is -1.07. The Hall–Kier alpha value is -2.20. The SMILES string of the molecule is C=C(C)[C@@H]1CC[C@]2(N)CC[C@]3(C)[C@H](CC[C@@H]4[C@@]5(C)CC=C(C6=CCC(CF)(C(=O)OCc7ccccc7)CC6)C(C)(C)[C@@H]5CC[C@]43C)[C@@H]12. The summed E-state index contributed by atoms with van der Waals surface area (Å²) in [7, 11) is 0. The van der Waals surface area contributed by atoms with Crippen LogP contribution < -0.4 is 5.73 Å². The minimum Gasteiger partial charge on any atom is -0.460 e. The van der Waals surface area contributed by atoms with Crippen LogP contribution in [-0.2, 0) is 16.1 Å². The van der Waals surface area contributed by atoms with Gasteiger partial charge in [-0.25, -0.2) is 4.39 Å². The Kier molecular flexibility index (Phi) is 8.33. The van der Waals surface area contributed by atoms with Crippen molar-refractivity contribution in [1.29, 1.82) is 0 Å². The summed E-state index contributed by atoms with van der Waals surface area (Å²) in [5.74, 6) is 2.74. The minimum absolute atomic E-state index is 0.00531. The monoisotopic (exact) mass is 655 g/mol. The molecule has 0 bridgehead atoms. The number of allylic oxidation sites excluding steroid dienone is 5. The van der Waals surface area contributed by atoms with Crippen LogP contribution in [0.25, 0.3) is 0 Å². The first-order valence-electron chi connectivity index (χ1n) is 19.3. The summed E-state index contributed by atoms with van der Waals surface area (Å²) < 4.78 is 20.3. The molecular weight excluding hydrogens is 593 g/mol. The normalized spacial score (nSPS) is 44.6. The van der Waals surface area contributed by atoms with E-state index in [1.165, 1.54) is 68.1 Å². The fourth-order valence-electron chi connectivity index (χ4n) is 13.7. The van der Waals surface area contributed by atoms with E-state index in [1.54, 1.807) is 0 Å². The van der Waals surface area contributed by atoms with Gasteiger partial charge >= 0.3 is 5.97 Å². The third-order valence-corrected chi connectivity index (χ3v) is 16.6. The molecule has 4 fully saturated rings. The Morgan fingerprint density at radius 3 is 2.31 bits per heavy atom. The van der Waals surface area contributed by atoms with E-state index in [9.17, 15) is 9.18 Å². The van der Waals surface area contributed by atoms with Crippen LogP contribution in [0.3, 0.4) is 0 Å². The summed E-state index contributed by atoms with van der Waals surface area (Å²) in [5.41, 5.74) is 12.2. The summed E-state index contributed by atoms with van der Waals surface area (Å²) in [4.78, 5) is 13.3. The number of fused-ring (bicyclic) bond motifs is 7. The number of nitrogens with two attached hydrogens (primary N) is 1. The van der Waals surface area contributed by atoms with Gasteiger partial charge in [0.1, 0.15) is 13.3 Å². The zero-order valence-corrected chi connectivity index (χ0v) is 30.8. The van der Waals surface area contributed by atoms with Crippen molar-refractivity contribution < 1.29 is 13.9 Å². The Morgan fingerprint density at radius 2 is 1.65 bits per heavy atom. The van der Waals surface area contributed by atoms with Crippen molar-refractivity contribution in [2.45, 2.75) is 131 Å². The lowest BCUT2D eigenvalue weighted by Crippen LogP contribution is -2.67. The molecule has 6 aliphatic carbocycles. The molecule has 7 rings (SSSR count). The molecule has 0 amide bonds. The van der Waals surface area contributed by atoms with Crippen molar-refractivity contribution in [3.05, 3.63) is 71.3 Å². The topological polar surface area (TPSA) is 52.3 Å². The smallest absolute Gasteiger partial charge is 0.315 e. The molecule has 2 N–H and O–H groups in total. The van der Waals surface area contributed by atoms with Gasteiger partial charge < -0.3 is 10.5 Å². The highest BCUT2D eigenvalue weighted by Gasteiger charge is 2.70. The summed E-state index contributed by atoms with van der Waals surface area (Å²) in [5, 5.41) is 0.